The van der Waals surface area contributed by atoms with Crippen LogP contribution in [0.2, 0.25) is 0 Å². The van der Waals surface area contributed by atoms with Crippen molar-refractivity contribution in [2.75, 3.05) is 0 Å². The Bertz CT molecular complexity index is 1710. The second kappa shape index (κ2) is 7.92. The molecule has 176 valence electrons. The van der Waals surface area contributed by atoms with Gasteiger partial charge in [-0.15, -0.1) is 0 Å². The summed E-state index contributed by atoms with van der Waals surface area (Å²) >= 11 is 0. The van der Waals surface area contributed by atoms with Crippen LogP contribution in [0.5, 0.6) is 23.0 Å². The third kappa shape index (κ3) is 3.23. The lowest BCUT2D eigenvalue weighted by molar-refractivity contribution is 0.445. The summed E-state index contributed by atoms with van der Waals surface area (Å²) in [6.07, 6.45) is 0. The first-order valence-corrected chi connectivity index (χ1v) is 11.8. The van der Waals surface area contributed by atoms with Crippen LogP contribution in [0.4, 0.5) is 0 Å². The molecular weight excluding hydrogens is 448 g/mol. The number of phenolic OH excluding ortho intramolecular Hbond substituents is 4. The number of hydrogen-bond acceptors (Lipinski definition) is 4. The molecule has 0 bridgehead atoms. The molecule has 4 N–H and O–H groups in total. The van der Waals surface area contributed by atoms with Gasteiger partial charge in [-0.1, -0.05) is 60.7 Å². The minimum Gasteiger partial charge on any atom is -0.508 e. The number of rotatable bonds is 3. The smallest absolute Gasteiger partial charge is 0.120 e. The summed E-state index contributed by atoms with van der Waals surface area (Å²) in [6, 6.07) is 31.2. The van der Waals surface area contributed by atoms with Crippen molar-refractivity contribution in [3.8, 4) is 23.0 Å². The molecule has 6 aromatic carbocycles. The number of benzene rings is 6. The number of aromatic hydroxyl groups is 4. The predicted octanol–water partition coefficient (Wildman–Crippen LogP) is 7.32. The zero-order valence-corrected chi connectivity index (χ0v) is 19.6. The van der Waals surface area contributed by atoms with E-state index in [2.05, 4.69) is 6.07 Å². The van der Waals surface area contributed by atoms with Gasteiger partial charge in [0.05, 0.1) is 5.41 Å². The summed E-state index contributed by atoms with van der Waals surface area (Å²) in [5.74, 6) is 0.433. The Hall–Kier alpha value is -4.70. The van der Waals surface area contributed by atoms with Crippen LogP contribution >= 0.6 is 0 Å². The van der Waals surface area contributed by atoms with Crippen LogP contribution < -0.4 is 0 Å². The van der Waals surface area contributed by atoms with Gasteiger partial charge in [-0.2, -0.15) is 0 Å². The maximum absolute atomic E-state index is 11.4. The lowest BCUT2D eigenvalue weighted by atomic mass is 9.67. The molecule has 0 aliphatic carbocycles. The lowest BCUT2D eigenvalue weighted by Crippen LogP contribution is -2.26. The van der Waals surface area contributed by atoms with Gasteiger partial charge in [0.25, 0.3) is 0 Å². The van der Waals surface area contributed by atoms with Crippen LogP contribution in [-0.4, -0.2) is 20.4 Å². The fourth-order valence-electron chi connectivity index (χ4n) is 5.58. The van der Waals surface area contributed by atoms with Crippen LogP contribution in [0, 0.1) is 0 Å². The fourth-order valence-corrected chi connectivity index (χ4v) is 5.58. The van der Waals surface area contributed by atoms with E-state index in [0.717, 1.165) is 37.9 Å². The van der Waals surface area contributed by atoms with Crippen molar-refractivity contribution in [3.63, 3.8) is 0 Å². The number of hydrogen-bond donors (Lipinski definition) is 4. The van der Waals surface area contributed by atoms with Gasteiger partial charge in [0.2, 0.25) is 0 Å². The topological polar surface area (TPSA) is 80.9 Å². The van der Waals surface area contributed by atoms with Crippen molar-refractivity contribution in [2.24, 2.45) is 0 Å². The van der Waals surface area contributed by atoms with E-state index >= 15 is 0 Å². The van der Waals surface area contributed by atoms with Gasteiger partial charge in [-0.25, -0.2) is 0 Å². The molecular formula is C32H24O4. The van der Waals surface area contributed by atoms with Crippen molar-refractivity contribution >= 4 is 32.3 Å². The maximum Gasteiger partial charge on any atom is 0.120 e. The quantitative estimate of drug-likeness (QED) is 0.203. The highest BCUT2D eigenvalue weighted by Gasteiger charge is 2.39. The zero-order valence-electron chi connectivity index (χ0n) is 19.6. The third-order valence-electron chi connectivity index (χ3n) is 7.29. The van der Waals surface area contributed by atoms with Crippen molar-refractivity contribution in [3.05, 3.63) is 120 Å². The molecule has 0 saturated heterocycles. The first-order chi connectivity index (χ1) is 17.4. The van der Waals surface area contributed by atoms with Gasteiger partial charge in [-0.3, -0.25) is 0 Å². The summed E-state index contributed by atoms with van der Waals surface area (Å²) < 4.78 is 0. The highest BCUT2D eigenvalue weighted by Crippen LogP contribution is 2.51. The Labute approximate surface area is 207 Å². The van der Waals surface area contributed by atoms with Crippen molar-refractivity contribution < 1.29 is 20.4 Å². The van der Waals surface area contributed by atoms with Crippen LogP contribution in [-0.2, 0) is 5.41 Å². The van der Waals surface area contributed by atoms with Crippen molar-refractivity contribution in [2.45, 2.75) is 12.3 Å². The molecule has 4 nitrogen and oxygen atoms in total. The first-order valence-electron chi connectivity index (χ1n) is 11.8. The Morgan fingerprint density at radius 3 is 1.53 bits per heavy atom. The van der Waals surface area contributed by atoms with E-state index in [9.17, 15) is 20.4 Å². The lowest BCUT2D eigenvalue weighted by Gasteiger charge is -2.35. The fraction of sp³-hybridized carbons (Fsp3) is 0.0625. The highest BCUT2D eigenvalue weighted by atomic mass is 16.3. The summed E-state index contributed by atoms with van der Waals surface area (Å²) in [5, 5.41) is 48.2. The van der Waals surface area contributed by atoms with Crippen LogP contribution in [0.3, 0.4) is 0 Å². The van der Waals surface area contributed by atoms with E-state index in [1.54, 1.807) is 60.7 Å². The molecule has 0 unspecified atom stereocenters. The molecule has 0 fully saturated rings. The van der Waals surface area contributed by atoms with Gasteiger partial charge in [0, 0.05) is 11.1 Å². The molecule has 0 aromatic heterocycles. The van der Waals surface area contributed by atoms with Crippen LogP contribution in [0.15, 0.2) is 103 Å². The van der Waals surface area contributed by atoms with E-state index in [4.69, 9.17) is 0 Å². The molecule has 4 heteroatoms. The van der Waals surface area contributed by atoms with E-state index in [1.165, 1.54) is 0 Å². The van der Waals surface area contributed by atoms with E-state index in [-0.39, 0.29) is 23.0 Å². The molecule has 0 heterocycles. The van der Waals surface area contributed by atoms with Gasteiger partial charge >= 0.3 is 0 Å². The van der Waals surface area contributed by atoms with Gasteiger partial charge in [0.15, 0.2) is 0 Å². The average Bonchev–Trinajstić information content (AvgIpc) is 2.88. The van der Waals surface area contributed by atoms with Crippen LogP contribution in [0.25, 0.3) is 32.3 Å². The van der Waals surface area contributed by atoms with Gasteiger partial charge < -0.3 is 20.4 Å². The van der Waals surface area contributed by atoms with Gasteiger partial charge in [-0.05, 0) is 87.3 Å². The second-order valence-electron chi connectivity index (χ2n) is 9.42. The van der Waals surface area contributed by atoms with E-state index in [1.807, 2.05) is 43.3 Å². The Morgan fingerprint density at radius 2 is 0.972 bits per heavy atom. The molecule has 0 aliphatic heterocycles. The minimum absolute atomic E-state index is 0.0824. The Morgan fingerprint density at radius 1 is 0.472 bits per heavy atom. The van der Waals surface area contributed by atoms with Gasteiger partial charge in [0.1, 0.15) is 23.0 Å². The summed E-state index contributed by atoms with van der Waals surface area (Å²) in [5.41, 5.74) is 1.11. The molecule has 36 heavy (non-hydrogen) atoms. The van der Waals surface area contributed by atoms with E-state index in [0.29, 0.717) is 11.1 Å². The van der Waals surface area contributed by atoms with E-state index < -0.39 is 5.41 Å². The van der Waals surface area contributed by atoms with Crippen molar-refractivity contribution in [1.29, 1.82) is 0 Å². The average molecular weight is 473 g/mol. The SMILES string of the molecule is CC(c1ccc2ccccc2c1)(c1c(O)ccc2cc(O)ccc12)c1c(O)ccc2cc(O)ccc12. The number of fused-ring (bicyclic) bond motifs is 3. The second-order valence-corrected chi connectivity index (χ2v) is 9.42. The molecule has 6 aromatic rings. The normalized spacial score (nSPS) is 11.9. The zero-order chi connectivity index (χ0) is 25.0. The third-order valence-corrected chi connectivity index (χ3v) is 7.29. The molecule has 0 aliphatic rings. The monoisotopic (exact) mass is 472 g/mol. The Balaban J connectivity index is 1.80. The number of phenols is 4. The standard InChI is InChI=1S/C32H24O4/c1-32(23-9-6-19-4-2-3-5-20(19)16-23,30-26-12-10-24(33)17-21(26)7-14-28(30)35)31-27-13-11-25(34)18-22(27)8-15-29(31)36/h2-18,33-36H,1H3. The summed E-state index contributed by atoms with van der Waals surface area (Å²) in [4.78, 5) is 0. The predicted molar refractivity (Wildman–Crippen MR) is 144 cm³/mol. The largest absolute Gasteiger partial charge is 0.508 e. The Kier molecular flexibility index (Phi) is 4.80. The molecule has 6 rings (SSSR count). The van der Waals surface area contributed by atoms with Crippen molar-refractivity contribution in [1.82, 2.24) is 0 Å². The minimum atomic E-state index is -1.01. The molecule has 0 radical (unpaired) electrons. The molecule has 0 spiro atoms. The summed E-state index contributed by atoms with van der Waals surface area (Å²) in [6.45, 7) is 2.00. The molecule has 0 amide bonds. The highest BCUT2D eigenvalue weighted by molar-refractivity contribution is 5.96. The van der Waals surface area contributed by atoms with Crippen LogP contribution in [0.1, 0.15) is 23.6 Å². The summed E-state index contributed by atoms with van der Waals surface area (Å²) in [7, 11) is 0. The maximum atomic E-state index is 11.4. The molecule has 0 atom stereocenters. The first kappa shape index (κ1) is 21.8. The molecule has 0 saturated carbocycles.